The van der Waals surface area contributed by atoms with Crippen LogP contribution in [0.25, 0.3) is 11.6 Å². The van der Waals surface area contributed by atoms with E-state index in [9.17, 15) is 9.90 Å². The van der Waals surface area contributed by atoms with E-state index in [1.807, 2.05) is 31.2 Å². The van der Waals surface area contributed by atoms with Crippen molar-refractivity contribution in [2.75, 3.05) is 0 Å². The second kappa shape index (κ2) is 10.9. The molecule has 0 aliphatic heterocycles. The molecule has 0 spiro atoms. The molecule has 174 valence electrons. The van der Waals surface area contributed by atoms with Crippen molar-refractivity contribution in [3.05, 3.63) is 81.8 Å². The Bertz CT molecular complexity index is 1100. The van der Waals surface area contributed by atoms with E-state index in [1.54, 1.807) is 17.1 Å². The van der Waals surface area contributed by atoms with E-state index in [2.05, 4.69) is 30.1 Å². The molecule has 1 fully saturated rings. The molecule has 1 saturated carbocycles. The molecule has 0 amide bonds. The van der Waals surface area contributed by atoms with Crippen LogP contribution in [0.5, 0.6) is 0 Å². The number of allylic oxidation sites excluding steroid dienone is 5. The molecule has 5 nitrogen and oxygen atoms in total. The lowest BCUT2D eigenvalue weighted by atomic mass is 9.92. The Morgan fingerprint density at radius 3 is 2.79 bits per heavy atom. The Hall–Kier alpha value is -2.79. The zero-order valence-electron chi connectivity index (χ0n) is 19.8. The Morgan fingerprint density at radius 1 is 1.15 bits per heavy atom. The number of aromatic nitrogens is 3. The van der Waals surface area contributed by atoms with Crippen molar-refractivity contribution in [3.63, 3.8) is 0 Å². The minimum Gasteiger partial charge on any atom is -0.391 e. The van der Waals surface area contributed by atoms with E-state index in [0.717, 1.165) is 67.5 Å². The summed E-state index contributed by atoms with van der Waals surface area (Å²) < 4.78 is 1.67. The number of aliphatic hydroxyl groups excluding tert-OH is 1. The fourth-order valence-electron chi connectivity index (χ4n) is 4.84. The number of hydrogen-bond acceptors (Lipinski definition) is 4. The van der Waals surface area contributed by atoms with Gasteiger partial charge in [0.2, 0.25) is 0 Å². The maximum Gasteiger partial charge on any atom is 0.261 e. The molecular weight excluding hydrogens is 410 g/mol. The minimum atomic E-state index is -0.503. The van der Waals surface area contributed by atoms with E-state index < -0.39 is 6.10 Å². The van der Waals surface area contributed by atoms with Gasteiger partial charge in [-0.05, 0) is 74.3 Å². The standard InChI is InChI=1S/C28H35N3O2/c1-20-9-3-4-10-22(17-23-11-7-8-16-29-23)18-24-27(21(2)15-14-20)30-19-31(28(24)33)25-12-5-6-13-26(25)32/h4,7-8,10-11,15-16,18-20,25-26,32H,3,5-6,9,12-14,17H2,1-2H3. The molecule has 5 heteroatoms. The Kier molecular flexibility index (Phi) is 7.71. The van der Waals surface area contributed by atoms with Gasteiger partial charge in [-0.3, -0.25) is 14.3 Å². The Morgan fingerprint density at radius 2 is 2.00 bits per heavy atom. The third kappa shape index (κ3) is 5.77. The molecule has 0 aromatic carbocycles. The van der Waals surface area contributed by atoms with Crippen LogP contribution in [-0.2, 0) is 6.42 Å². The van der Waals surface area contributed by atoms with Crippen molar-refractivity contribution in [2.24, 2.45) is 5.92 Å². The van der Waals surface area contributed by atoms with Crippen LogP contribution in [0.1, 0.15) is 81.8 Å². The zero-order valence-corrected chi connectivity index (χ0v) is 19.8. The molecule has 2 aromatic rings. The molecular formula is C28H35N3O2. The first-order valence-corrected chi connectivity index (χ1v) is 12.3. The van der Waals surface area contributed by atoms with Crippen molar-refractivity contribution >= 4 is 11.6 Å². The Labute approximate surface area is 196 Å². The number of nitrogens with zero attached hydrogens (tertiary/aromatic N) is 3. The van der Waals surface area contributed by atoms with Gasteiger partial charge in [0.25, 0.3) is 5.56 Å². The van der Waals surface area contributed by atoms with Crippen molar-refractivity contribution in [1.29, 1.82) is 0 Å². The topological polar surface area (TPSA) is 68.0 Å². The SMILES string of the molecule is CC1=CCC(C)CCC=CC(Cc2ccccn2)=Cc2c1ncn(C1CCCCC1O)c2=O. The average molecular weight is 446 g/mol. The van der Waals surface area contributed by atoms with Crippen LogP contribution in [0.2, 0.25) is 0 Å². The maximum atomic E-state index is 13.8. The zero-order chi connectivity index (χ0) is 23.2. The summed E-state index contributed by atoms with van der Waals surface area (Å²) in [6.07, 6.45) is 18.8. The van der Waals surface area contributed by atoms with Crippen LogP contribution in [0.3, 0.4) is 0 Å². The summed E-state index contributed by atoms with van der Waals surface area (Å²) in [4.78, 5) is 23.0. The lowest BCUT2D eigenvalue weighted by Gasteiger charge is -2.29. The van der Waals surface area contributed by atoms with Crippen LogP contribution in [0.15, 0.2) is 59.3 Å². The van der Waals surface area contributed by atoms with Gasteiger partial charge in [0.1, 0.15) is 0 Å². The highest BCUT2D eigenvalue weighted by molar-refractivity contribution is 5.71. The number of hydrogen-bond donors (Lipinski definition) is 1. The minimum absolute atomic E-state index is 0.0734. The van der Waals surface area contributed by atoms with Gasteiger partial charge < -0.3 is 5.11 Å². The number of fused-ring (bicyclic) bond motifs is 1. The second-order valence-corrected chi connectivity index (χ2v) is 9.56. The van der Waals surface area contributed by atoms with Crippen molar-refractivity contribution in [2.45, 2.75) is 77.4 Å². The van der Waals surface area contributed by atoms with Gasteiger partial charge in [0.15, 0.2) is 0 Å². The van der Waals surface area contributed by atoms with Gasteiger partial charge in [-0.1, -0.05) is 44.1 Å². The molecule has 2 aliphatic carbocycles. The highest BCUT2D eigenvalue weighted by Gasteiger charge is 2.27. The summed E-state index contributed by atoms with van der Waals surface area (Å²) in [5, 5.41) is 10.6. The van der Waals surface area contributed by atoms with Crippen molar-refractivity contribution in [3.8, 4) is 0 Å². The predicted octanol–water partition coefficient (Wildman–Crippen LogP) is 5.52. The number of pyridine rings is 1. The summed E-state index contributed by atoms with van der Waals surface area (Å²) in [7, 11) is 0. The molecule has 0 bridgehead atoms. The van der Waals surface area contributed by atoms with Gasteiger partial charge >= 0.3 is 0 Å². The third-order valence-electron chi connectivity index (χ3n) is 6.88. The highest BCUT2D eigenvalue weighted by Crippen LogP contribution is 2.29. The van der Waals surface area contributed by atoms with E-state index >= 15 is 0 Å². The molecule has 0 radical (unpaired) electrons. The molecule has 4 rings (SSSR count). The van der Waals surface area contributed by atoms with Crippen LogP contribution in [0.4, 0.5) is 0 Å². The summed E-state index contributed by atoms with van der Waals surface area (Å²) in [5.74, 6) is 0.563. The molecule has 2 aliphatic rings. The first kappa shape index (κ1) is 23.4. The van der Waals surface area contributed by atoms with Gasteiger partial charge in [-0.25, -0.2) is 4.98 Å². The van der Waals surface area contributed by atoms with Gasteiger partial charge in [-0.2, -0.15) is 0 Å². The first-order valence-electron chi connectivity index (χ1n) is 12.3. The molecule has 2 aromatic heterocycles. The molecule has 3 unspecified atom stereocenters. The largest absolute Gasteiger partial charge is 0.391 e. The van der Waals surface area contributed by atoms with Crippen LogP contribution in [0, 0.1) is 5.92 Å². The molecule has 3 atom stereocenters. The van der Waals surface area contributed by atoms with Gasteiger partial charge in [0, 0.05) is 18.3 Å². The number of rotatable bonds is 3. The van der Waals surface area contributed by atoms with Gasteiger partial charge in [0.05, 0.1) is 29.7 Å². The number of aliphatic hydroxyl groups is 1. The van der Waals surface area contributed by atoms with Crippen LogP contribution >= 0.6 is 0 Å². The lowest BCUT2D eigenvalue weighted by Crippen LogP contribution is -2.36. The van der Waals surface area contributed by atoms with E-state index in [0.29, 0.717) is 17.9 Å². The van der Waals surface area contributed by atoms with Gasteiger partial charge in [-0.15, -0.1) is 0 Å². The predicted molar refractivity (Wildman–Crippen MR) is 134 cm³/mol. The molecule has 2 heterocycles. The fraction of sp³-hybridized carbons (Fsp3) is 0.464. The third-order valence-corrected chi connectivity index (χ3v) is 6.88. The van der Waals surface area contributed by atoms with E-state index in [4.69, 9.17) is 4.98 Å². The summed E-state index contributed by atoms with van der Waals surface area (Å²) in [6.45, 7) is 4.32. The van der Waals surface area contributed by atoms with E-state index in [-0.39, 0.29) is 11.6 Å². The maximum absolute atomic E-state index is 13.8. The van der Waals surface area contributed by atoms with Crippen molar-refractivity contribution < 1.29 is 5.11 Å². The lowest BCUT2D eigenvalue weighted by molar-refractivity contribution is 0.0732. The van der Waals surface area contributed by atoms with Crippen LogP contribution < -0.4 is 5.56 Å². The normalized spacial score (nSPS) is 24.2. The molecule has 0 saturated heterocycles. The average Bonchev–Trinajstić information content (AvgIpc) is 2.82. The molecule has 33 heavy (non-hydrogen) atoms. The summed E-state index contributed by atoms with van der Waals surface area (Å²) in [5.41, 5.74) is 4.31. The van der Waals surface area contributed by atoms with Crippen molar-refractivity contribution in [1.82, 2.24) is 14.5 Å². The quantitative estimate of drug-likeness (QED) is 0.675. The monoisotopic (exact) mass is 445 g/mol. The molecule has 1 N–H and O–H groups in total. The van der Waals surface area contributed by atoms with Crippen LogP contribution in [-0.4, -0.2) is 25.7 Å². The smallest absolute Gasteiger partial charge is 0.261 e. The summed E-state index contributed by atoms with van der Waals surface area (Å²) in [6, 6.07) is 5.71. The second-order valence-electron chi connectivity index (χ2n) is 9.56. The summed E-state index contributed by atoms with van der Waals surface area (Å²) >= 11 is 0. The fourth-order valence-corrected chi connectivity index (χ4v) is 4.84. The first-order chi connectivity index (χ1) is 16.0. The highest BCUT2D eigenvalue weighted by atomic mass is 16.3. The Balaban J connectivity index is 1.84. The van der Waals surface area contributed by atoms with E-state index in [1.165, 1.54) is 0 Å².